The number of nitrogens with zero attached hydrogens (tertiary/aromatic N) is 3. The van der Waals surface area contributed by atoms with Crippen LogP contribution in [-0.2, 0) is 0 Å². The number of thiazole rings is 1. The number of hydrogen-bond donors (Lipinski definition) is 0. The Bertz CT molecular complexity index is 1660. The van der Waals surface area contributed by atoms with Crippen molar-refractivity contribution in [2.75, 3.05) is 0 Å². The van der Waals surface area contributed by atoms with Gasteiger partial charge in [-0.3, -0.25) is 19.5 Å². The van der Waals surface area contributed by atoms with E-state index in [1.165, 1.54) is 34.9 Å². The van der Waals surface area contributed by atoms with Crippen LogP contribution < -0.4 is 14.9 Å². The molecule has 4 aromatic rings. The van der Waals surface area contributed by atoms with E-state index in [1.54, 1.807) is 6.08 Å². The number of furan rings is 1. The largest absolute Gasteiger partial charge is 0.433 e. The second-order valence-electron chi connectivity index (χ2n) is 7.27. The zero-order valence-corrected chi connectivity index (χ0v) is 19.3. The van der Waals surface area contributed by atoms with Crippen molar-refractivity contribution >= 4 is 52.2 Å². The number of hydrogen-bond acceptors (Lipinski definition) is 6. The Kier molecular flexibility index (Phi) is 5.68. The molecule has 0 N–H and O–H groups in total. The third kappa shape index (κ3) is 3.98. The van der Waals surface area contributed by atoms with Crippen molar-refractivity contribution in [2.45, 2.75) is 6.04 Å². The van der Waals surface area contributed by atoms with Crippen LogP contribution in [0.2, 0.25) is 10.0 Å². The van der Waals surface area contributed by atoms with E-state index >= 15 is 0 Å². The van der Waals surface area contributed by atoms with Gasteiger partial charge >= 0.3 is 5.88 Å². The molecule has 0 radical (unpaired) electrons. The molecule has 1 aliphatic heterocycles. The van der Waals surface area contributed by atoms with E-state index in [-0.39, 0.29) is 25.9 Å². The summed E-state index contributed by atoms with van der Waals surface area (Å²) < 4.78 is 21.2. The molecular formula is C23H12Cl2FN3O4S. The Morgan fingerprint density at radius 1 is 1.15 bits per heavy atom. The maximum absolute atomic E-state index is 14.2. The molecule has 0 saturated heterocycles. The van der Waals surface area contributed by atoms with Gasteiger partial charge in [0, 0.05) is 11.6 Å². The van der Waals surface area contributed by atoms with Crippen LogP contribution in [0.5, 0.6) is 0 Å². The van der Waals surface area contributed by atoms with Crippen LogP contribution in [0.4, 0.5) is 10.3 Å². The van der Waals surface area contributed by atoms with E-state index < -0.39 is 22.7 Å². The number of benzene rings is 2. The number of nitro groups is 1. The zero-order valence-electron chi connectivity index (χ0n) is 16.9. The molecule has 2 aromatic carbocycles. The smallest absolute Gasteiger partial charge is 0.401 e. The van der Waals surface area contributed by atoms with Gasteiger partial charge in [-0.1, -0.05) is 64.9 Å². The van der Waals surface area contributed by atoms with Gasteiger partial charge in [-0.25, -0.2) is 9.38 Å². The lowest BCUT2D eigenvalue weighted by Gasteiger charge is -2.20. The first kappa shape index (κ1) is 22.3. The van der Waals surface area contributed by atoms with Crippen molar-refractivity contribution in [3.8, 4) is 0 Å². The summed E-state index contributed by atoms with van der Waals surface area (Å²) in [6, 6.07) is 13.9. The monoisotopic (exact) mass is 515 g/mol. The highest BCUT2D eigenvalue weighted by Crippen LogP contribution is 2.33. The second-order valence-corrected chi connectivity index (χ2v) is 9.09. The fourth-order valence-electron chi connectivity index (χ4n) is 3.59. The van der Waals surface area contributed by atoms with Gasteiger partial charge < -0.3 is 4.42 Å². The molecule has 2 aromatic heterocycles. The number of halogens is 3. The molecule has 0 spiro atoms. The topological polar surface area (TPSA) is 90.6 Å². The van der Waals surface area contributed by atoms with Crippen molar-refractivity contribution < 1.29 is 13.7 Å². The summed E-state index contributed by atoms with van der Waals surface area (Å²) in [7, 11) is 0. The molecule has 0 amide bonds. The van der Waals surface area contributed by atoms with Crippen LogP contribution in [0.25, 0.3) is 11.8 Å². The molecule has 1 atom stereocenters. The molecule has 0 fully saturated rings. The van der Waals surface area contributed by atoms with E-state index in [9.17, 15) is 19.3 Å². The second kappa shape index (κ2) is 8.68. The molecule has 11 heteroatoms. The van der Waals surface area contributed by atoms with Crippen molar-refractivity contribution in [3.05, 3.63) is 123 Å². The molecule has 7 nitrogen and oxygen atoms in total. The van der Waals surface area contributed by atoms with Gasteiger partial charge in [0.15, 0.2) is 4.80 Å². The first-order valence-corrected chi connectivity index (χ1v) is 11.4. The molecule has 0 bridgehead atoms. The third-order valence-corrected chi connectivity index (χ3v) is 6.73. The summed E-state index contributed by atoms with van der Waals surface area (Å²) >= 11 is 13.3. The standard InChI is InChI=1S/C23H12Cl2FN3O4S/c24-15-10-16(25)17(26)9-14(15)18-11-19(12-4-2-1-3-5-12)28-22(30)20(34-23(28)27-18)8-13-6-7-21(33-13)29(31)32/h1-11,19H/b20-8-. The highest BCUT2D eigenvalue weighted by molar-refractivity contribution is 7.07. The maximum Gasteiger partial charge on any atom is 0.433 e. The molecule has 0 saturated carbocycles. The Labute approximate surface area is 204 Å². The molecule has 3 heterocycles. The van der Waals surface area contributed by atoms with Gasteiger partial charge in [-0.05, 0) is 29.8 Å². The molecule has 1 aliphatic rings. The summed E-state index contributed by atoms with van der Waals surface area (Å²) in [5, 5.41) is 11.0. The zero-order chi connectivity index (χ0) is 24.0. The minimum absolute atomic E-state index is 0.109. The lowest BCUT2D eigenvalue weighted by atomic mass is 10.0. The first-order chi connectivity index (χ1) is 16.3. The molecule has 34 heavy (non-hydrogen) atoms. The number of rotatable bonds is 4. The average Bonchev–Trinajstić information content (AvgIpc) is 3.41. The van der Waals surface area contributed by atoms with E-state index in [2.05, 4.69) is 4.99 Å². The maximum atomic E-state index is 14.2. The molecular weight excluding hydrogens is 504 g/mol. The Morgan fingerprint density at radius 3 is 2.62 bits per heavy atom. The van der Waals surface area contributed by atoms with Gasteiger partial charge in [0.05, 0.1) is 32.4 Å². The van der Waals surface area contributed by atoms with Crippen LogP contribution in [0, 0.1) is 15.9 Å². The molecule has 1 unspecified atom stereocenters. The summed E-state index contributed by atoms with van der Waals surface area (Å²) in [6.45, 7) is 0. The lowest BCUT2D eigenvalue weighted by Crippen LogP contribution is -2.36. The van der Waals surface area contributed by atoms with Gasteiger partial charge in [-0.15, -0.1) is 0 Å². The Hall–Kier alpha value is -3.53. The summed E-state index contributed by atoms with van der Waals surface area (Å²) in [6.07, 6.45) is 3.16. The SMILES string of the molecule is O=c1/c(=C/c2ccc([N+](=O)[O-])o2)sc2n1C(c1ccccc1)C=C(c1cc(F)c(Cl)cc1Cl)N=2. The predicted molar refractivity (Wildman–Crippen MR) is 127 cm³/mol. The lowest BCUT2D eigenvalue weighted by molar-refractivity contribution is -0.402. The van der Waals surface area contributed by atoms with Gasteiger partial charge in [0.1, 0.15) is 16.5 Å². The highest BCUT2D eigenvalue weighted by Gasteiger charge is 2.24. The van der Waals surface area contributed by atoms with Gasteiger partial charge in [-0.2, -0.15) is 0 Å². The number of fused-ring (bicyclic) bond motifs is 1. The minimum atomic E-state index is -0.657. The van der Waals surface area contributed by atoms with Crippen molar-refractivity contribution in [2.24, 2.45) is 4.99 Å². The van der Waals surface area contributed by atoms with E-state index in [0.717, 1.165) is 16.9 Å². The number of allylic oxidation sites excluding steroid dienone is 1. The fourth-order valence-corrected chi connectivity index (χ4v) is 5.06. The van der Waals surface area contributed by atoms with Crippen LogP contribution >= 0.6 is 34.5 Å². The summed E-state index contributed by atoms with van der Waals surface area (Å²) in [5.41, 5.74) is 1.18. The fraction of sp³-hybridized carbons (Fsp3) is 0.0435. The van der Waals surface area contributed by atoms with Gasteiger partial charge in [0.2, 0.25) is 0 Å². The predicted octanol–water partition coefficient (Wildman–Crippen LogP) is 4.95. The summed E-state index contributed by atoms with van der Waals surface area (Å²) in [4.78, 5) is 28.5. The average molecular weight is 516 g/mol. The van der Waals surface area contributed by atoms with E-state index in [1.807, 2.05) is 30.3 Å². The molecule has 5 rings (SSSR count). The Morgan fingerprint density at radius 2 is 1.91 bits per heavy atom. The normalized spacial score (nSPS) is 15.6. The third-order valence-electron chi connectivity index (χ3n) is 5.14. The van der Waals surface area contributed by atoms with Gasteiger partial charge in [0.25, 0.3) is 5.56 Å². The van der Waals surface area contributed by atoms with Crippen molar-refractivity contribution in [1.29, 1.82) is 0 Å². The molecule has 170 valence electrons. The number of aromatic nitrogens is 1. The minimum Gasteiger partial charge on any atom is -0.401 e. The van der Waals surface area contributed by atoms with E-state index in [0.29, 0.717) is 16.1 Å². The van der Waals surface area contributed by atoms with Crippen LogP contribution in [0.1, 0.15) is 22.9 Å². The van der Waals surface area contributed by atoms with E-state index in [4.69, 9.17) is 27.6 Å². The van der Waals surface area contributed by atoms with Crippen molar-refractivity contribution in [1.82, 2.24) is 4.57 Å². The molecule has 0 aliphatic carbocycles. The Balaban J connectivity index is 1.73. The van der Waals surface area contributed by atoms with Crippen molar-refractivity contribution in [3.63, 3.8) is 0 Å². The van der Waals surface area contributed by atoms with Crippen LogP contribution in [0.15, 0.2) is 74.9 Å². The summed E-state index contributed by atoms with van der Waals surface area (Å²) in [5.74, 6) is -0.908. The van der Waals surface area contributed by atoms with Crippen LogP contribution in [0.3, 0.4) is 0 Å². The highest BCUT2D eigenvalue weighted by atomic mass is 35.5. The van der Waals surface area contributed by atoms with Crippen LogP contribution in [-0.4, -0.2) is 9.49 Å². The first-order valence-electron chi connectivity index (χ1n) is 9.79. The quantitative estimate of drug-likeness (QED) is 0.218.